The second kappa shape index (κ2) is 8.22. The number of anilines is 1. The molecule has 114 valence electrons. The van der Waals surface area contributed by atoms with Crippen molar-refractivity contribution >= 4 is 5.82 Å². The Labute approximate surface area is 124 Å². The van der Waals surface area contributed by atoms with Gasteiger partial charge in [-0.2, -0.15) is 0 Å². The van der Waals surface area contributed by atoms with E-state index < -0.39 is 0 Å². The number of aryl methyl sites for hydroxylation is 1. The van der Waals surface area contributed by atoms with Crippen molar-refractivity contribution in [3.63, 3.8) is 0 Å². The van der Waals surface area contributed by atoms with Gasteiger partial charge < -0.3 is 15.5 Å². The molecular formula is C16H30N4. The molecule has 0 spiro atoms. The zero-order valence-corrected chi connectivity index (χ0v) is 13.7. The monoisotopic (exact) mass is 278 g/mol. The van der Waals surface area contributed by atoms with Crippen LogP contribution in [0.3, 0.4) is 0 Å². The maximum absolute atomic E-state index is 5.81. The van der Waals surface area contributed by atoms with E-state index in [1.807, 2.05) is 0 Å². The molecule has 0 saturated carbocycles. The maximum atomic E-state index is 5.81. The molecule has 20 heavy (non-hydrogen) atoms. The minimum absolute atomic E-state index is 0.575. The highest BCUT2D eigenvalue weighted by Gasteiger charge is 2.12. The van der Waals surface area contributed by atoms with Crippen LogP contribution in [-0.4, -0.2) is 43.6 Å². The molecule has 1 rings (SSSR count). The van der Waals surface area contributed by atoms with Crippen LogP contribution in [0.5, 0.6) is 0 Å². The summed E-state index contributed by atoms with van der Waals surface area (Å²) in [4.78, 5) is 9.37. The molecule has 0 atom stereocenters. The molecule has 4 nitrogen and oxygen atoms in total. The van der Waals surface area contributed by atoms with Crippen LogP contribution in [0.4, 0.5) is 5.82 Å². The Morgan fingerprint density at radius 1 is 1.20 bits per heavy atom. The zero-order chi connectivity index (χ0) is 15.1. The predicted molar refractivity (Wildman–Crippen MR) is 87.1 cm³/mol. The summed E-state index contributed by atoms with van der Waals surface area (Å²) in [6.45, 7) is 10.3. The SMILES string of the molecule is CCc1cc(CN)cc(N(CCN(C)C)CC(C)C)n1. The minimum Gasteiger partial charge on any atom is -0.355 e. The summed E-state index contributed by atoms with van der Waals surface area (Å²) in [7, 11) is 4.21. The number of aromatic nitrogens is 1. The third-order valence-electron chi connectivity index (χ3n) is 3.25. The summed E-state index contributed by atoms with van der Waals surface area (Å²) < 4.78 is 0. The summed E-state index contributed by atoms with van der Waals surface area (Å²) in [5.41, 5.74) is 8.11. The van der Waals surface area contributed by atoms with Gasteiger partial charge in [-0.15, -0.1) is 0 Å². The number of nitrogens with zero attached hydrogens (tertiary/aromatic N) is 3. The molecule has 0 unspecified atom stereocenters. The first kappa shape index (κ1) is 16.9. The first-order valence-electron chi connectivity index (χ1n) is 7.55. The fourth-order valence-corrected chi connectivity index (χ4v) is 2.15. The van der Waals surface area contributed by atoms with Crippen molar-refractivity contribution in [2.45, 2.75) is 33.7 Å². The highest BCUT2D eigenvalue weighted by molar-refractivity contribution is 5.43. The summed E-state index contributed by atoms with van der Waals surface area (Å²) in [5.74, 6) is 1.69. The van der Waals surface area contributed by atoms with E-state index in [9.17, 15) is 0 Å². The first-order valence-corrected chi connectivity index (χ1v) is 7.55. The van der Waals surface area contributed by atoms with E-state index in [0.29, 0.717) is 12.5 Å². The van der Waals surface area contributed by atoms with Crippen LogP contribution in [-0.2, 0) is 13.0 Å². The van der Waals surface area contributed by atoms with Crippen molar-refractivity contribution in [2.75, 3.05) is 38.6 Å². The van der Waals surface area contributed by atoms with Gasteiger partial charge in [-0.1, -0.05) is 20.8 Å². The molecule has 0 saturated heterocycles. The van der Waals surface area contributed by atoms with Gasteiger partial charge in [0.1, 0.15) is 5.82 Å². The van der Waals surface area contributed by atoms with E-state index in [4.69, 9.17) is 10.7 Å². The second-order valence-electron chi connectivity index (χ2n) is 6.03. The molecule has 0 aromatic carbocycles. The Morgan fingerprint density at radius 3 is 2.40 bits per heavy atom. The molecule has 0 aliphatic rings. The number of hydrogen-bond acceptors (Lipinski definition) is 4. The van der Waals surface area contributed by atoms with Crippen molar-refractivity contribution in [1.29, 1.82) is 0 Å². The third kappa shape index (κ3) is 5.47. The predicted octanol–water partition coefficient (Wildman–Crippen LogP) is 2.13. The van der Waals surface area contributed by atoms with Crippen LogP contribution in [0.2, 0.25) is 0 Å². The van der Waals surface area contributed by atoms with Crippen molar-refractivity contribution in [2.24, 2.45) is 11.7 Å². The van der Waals surface area contributed by atoms with Gasteiger partial charge in [-0.25, -0.2) is 4.98 Å². The van der Waals surface area contributed by atoms with Crippen LogP contribution in [0.25, 0.3) is 0 Å². The molecule has 0 aliphatic carbocycles. The fraction of sp³-hybridized carbons (Fsp3) is 0.688. The van der Waals surface area contributed by atoms with E-state index >= 15 is 0 Å². The van der Waals surface area contributed by atoms with E-state index in [-0.39, 0.29) is 0 Å². The van der Waals surface area contributed by atoms with Gasteiger partial charge in [0.2, 0.25) is 0 Å². The largest absolute Gasteiger partial charge is 0.355 e. The molecule has 0 amide bonds. The molecule has 1 aromatic heterocycles. The summed E-state index contributed by atoms with van der Waals surface area (Å²) in [5, 5.41) is 0. The van der Waals surface area contributed by atoms with Crippen molar-refractivity contribution in [3.8, 4) is 0 Å². The van der Waals surface area contributed by atoms with Crippen molar-refractivity contribution < 1.29 is 0 Å². The molecule has 4 heteroatoms. The van der Waals surface area contributed by atoms with Gasteiger partial charge in [-0.05, 0) is 44.1 Å². The van der Waals surface area contributed by atoms with Crippen LogP contribution in [0, 0.1) is 5.92 Å². The summed E-state index contributed by atoms with van der Waals surface area (Å²) in [6, 6.07) is 4.25. The Hall–Kier alpha value is -1.13. The van der Waals surface area contributed by atoms with Gasteiger partial charge in [0.05, 0.1) is 0 Å². The molecule has 2 N–H and O–H groups in total. The standard InChI is InChI=1S/C16H30N4/c1-6-15-9-14(11-17)10-16(18-15)20(12-13(2)3)8-7-19(4)5/h9-10,13H,6-8,11-12,17H2,1-5H3. The Kier molecular flexibility index (Phi) is 6.96. The number of likely N-dealkylation sites (N-methyl/N-ethyl adjacent to an activating group) is 1. The van der Waals surface area contributed by atoms with Crippen LogP contribution in [0.15, 0.2) is 12.1 Å². The Bertz CT molecular complexity index is 379. The van der Waals surface area contributed by atoms with Crippen LogP contribution in [0.1, 0.15) is 32.0 Å². The van der Waals surface area contributed by atoms with Crippen molar-refractivity contribution in [1.82, 2.24) is 9.88 Å². The van der Waals surface area contributed by atoms with E-state index in [1.165, 1.54) is 5.56 Å². The highest BCUT2D eigenvalue weighted by atomic mass is 15.2. The molecule has 0 aliphatic heterocycles. The Morgan fingerprint density at radius 2 is 1.90 bits per heavy atom. The minimum atomic E-state index is 0.575. The van der Waals surface area contributed by atoms with E-state index in [2.05, 4.69) is 56.8 Å². The molecular weight excluding hydrogens is 248 g/mol. The molecule has 1 aromatic rings. The lowest BCUT2D eigenvalue weighted by Crippen LogP contribution is -2.35. The van der Waals surface area contributed by atoms with Crippen LogP contribution >= 0.6 is 0 Å². The second-order valence-corrected chi connectivity index (χ2v) is 6.03. The first-order chi connectivity index (χ1) is 9.46. The molecule has 0 bridgehead atoms. The molecule has 1 heterocycles. The zero-order valence-electron chi connectivity index (χ0n) is 13.7. The van der Waals surface area contributed by atoms with Gasteiger partial charge >= 0.3 is 0 Å². The van der Waals surface area contributed by atoms with E-state index in [0.717, 1.165) is 37.6 Å². The number of rotatable bonds is 8. The lowest BCUT2D eigenvalue weighted by atomic mass is 10.1. The quantitative estimate of drug-likeness (QED) is 0.791. The number of hydrogen-bond donors (Lipinski definition) is 1. The topological polar surface area (TPSA) is 45.4 Å². The average Bonchev–Trinajstić information content (AvgIpc) is 2.42. The fourth-order valence-electron chi connectivity index (χ4n) is 2.15. The van der Waals surface area contributed by atoms with Gasteiger partial charge in [0.15, 0.2) is 0 Å². The Balaban J connectivity index is 2.98. The normalized spacial score (nSPS) is 11.4. The maximum Gasteiger partial charge on any atom is 0.129 e. The van der Waals surface area contributed by atoms with Gasteiger partial charge in [0, 0.05) is 31.9 Å². The highest BCUT2D eigenvalue weighted by Crippen LogP contribution is 2.17. The number of pyridine rings is 1. The van der Waals surface area contributed by atoms with Gasteiger partial charge in [-0.3, -0.25) is 0 Å². The smallest absolute Gasteiger partial charge is 0.129 e. The van der Waals surface area contributed by atoms with Crippen LogP contribution < -0.4 is 10.6 Å². The summed E-state index contributed by atoms with van der Waals surface area (Å²) >= 11 is 0. The molecule has 0 radical (unpaired) electrons. The summed E-state index contributed by atoms with van der Waals surface area (Å²) in [6.07, 6.45) is 0.948. The van der Waals surface area contributed by atoms with Gasteiger partial charge in [0.25, 0.3) is 0 Å². The third-order valence-corrected chi connectivity index (χ3v) is 3.25. The number of nitrogens with two attached hydrogens (primary N) is 1. The van der Waals surface area contributed by atoms with E-state index in [1.54, 1.807) is 0 Å². The van der Waals surface area contributed by atoms with Crippen molar-refractivity contribution in [3.05, 3.63) is 23.4 Å². The molecule has 0 fully saturated rings. The lowest BCUT2D eigenvalue weighted by Gasteiger charge is -2.28. The lowest BCUT2D eigenvalue weighted by molar-refractivity contribution is 0.408. The average molecular weight is 278 g/mol.